The van der Waals surface area contributed by atoms with Gasteiger partial charge in [0.25, 0.3) is 0 Å². The van der Waals surface area contributed by atoms with Gasteiger partial charge in [0.2, 0.25) is 5.88 Å². The van der Waals surface area contributed by atoms with Crippen LogP contribution in [0.2, 0.25) is 0 Å². The molecule has 0 radical (unpaired) electrons. The first kappa shape index (κ1) is 17.7. The zero-order valence-corrected chi connectivity index (χ0v) is 13.5. The normalized spacial score (nSPS) is 11.5. The lowest BCUT2D eigenvalue weighted by Crippen LogP contribution is -2.16. The second-order valence-corrected chi connectivity index (χ2v) is 4.70. The molecule has 7 nitrogen and oxygen atoms in total. The van der Waals surface area contributed by atoms with Crippen LogP contribution >= 0.6 is 0 Å². The quantitative estimate of drug-likeness (QED) is 0.284. The molecule has 0 fully saturated rings. The third kappa shape index (κ3) is 5.18. The standard InChI is InChI=1S/C18H16N4O3/c1-2-24-18(23)16(12-19)17(20)25-15-10-8-14(9-11-15)22-21-13-6-4-3-5-7-13/h3-11H,2,20H2,1H3/b17-16+,22-21?. The third-order valence-electron chi connectivity index (χ3n) is 2.94. The monoisotopic (exact) mass is 336 g/mol. The Hall–Kier alpha value is -3.66. The van der Waals surface area contributed by atoms with Gasteiger partial charge in [-0.1, -0.05) is 18.2 Å². The molecule has 0 aliphatic carbocycles. The molecular weight excluding hydrogens is 320 g/mol. The number of azo groups is 1. The van der Waals surface area contributed by atoms with Crippen LogP contribution in [0.25, 0.3) is 0 Å². The van der Waals surface area contributed by atoms with Crippen molar-refractivity contribution >= 4 is 17.3 Å². The fourth-order valence-electron chi connectivity index (χ4n) is 1.77. The number of benzene rings is 2. The molecule has 2 rings (SSSR count). The molecule has 0 atom stereocenters. The predicted octanol–water partition coefficient (Wildman–Crippen LogP) is 3.74. The van der Waals surface area contributed by atoms with E-state index in [1.807, 2.05) is 30.3 Å². The molecule has 2 aromatic rings. The highest BCUT2D eigenvalue weighted by atomic mass is 16.5. The second kappa shape index (κ2) is 8.84. The summed E-state index contributed by atoms with van der Waals surface area (Å²) in [6.45, 7) is 1.77. The van der Waals surface area contributed by atoms with E-state index in [1.165, 1.54) is 0 Å². The number of esters is 1. The molecule has 0 bridgehead atoms. The van der Waals surface area contributed by atoms with E-state index in [4.69, 9.17) is 20.5 Å². The summed E-state index contributed by atoms with van der Waals surface area (Å²) >= 11 is 0. The molecule has 0 spiro atoms. The summed E-state index contributed by atoms with van der Waals surface area (Å²) < 4.78 is 10.1. The molecule has 2 N–H and O–H groups in total. The van der Waals surface area contributed by atoms with E-state index in [0.717, 1.165) is 5.69 Å². The van der Waals surface area contributed by atoms with Gasteiger partial charge in [-0.2, -0.15) is 15.5 Å². The Morgan fingerprint density at radius 2 is 1.68 bits per heavy atom. The van der Waals surface area contributed by atoms with E-state index in [-0.39, 0.29) is 18.1 Å². The summed E-state index contributed by atoms with van der Waals surface area (Å²) in [7, 11) is 0. The Bertz CT molecular complexity index is 822. The lowest BCUT2D eigenvalue weighted by Gasteiger charge is -2.07. The molecule has 0 aliphatic rings. The second-order valence-electron chi connectivity index (χ2n) is 4.70. The Balaban J connectivity index is 2.08. The van der Waals surface area contributed by atoms with Crippen molar-refractivity contribution in [3.05, 3.63) is 66.1 Å². The van der Waals surface area contributed by atoms with Gasteiger partial charge in [0.15, 0.2) is 5.57 Å². The van der Waals surface area contributed by atoms with Crippen molar-refractivity contribution in [1.29, 1.82) is 5.26 Å². The van der Waals surface area contributed by atoms with Crippen LogP contribution in [-0.2, 0) is 9.53 Å². The zero-order chi connectivity index (χ0) is 18.1. The highest BCUT2D eigenvalue weighted by Gasteiger charge is 2.16. The summed E-state index contributed by atoms with van der Waals surface area (Å²) in [6, 6.07) is 17.5. The summed E-state index contributed by atoms with van der Waals surface area (Å²) in [5.74, 6) is -0.788. The number of nitriles is 1. The highest BCUT2D eigenvalue weighted by Crippen LogP contribution is 2.22. The van der Waals surface area contributed by atoms with E-state index in [2.05, 4.69) is 10.2 Å². The van der Waals surface area contributed by atoms with E-state index < -0.39 is 5.97 Å². The summed E-state index contributed by atoms with van der Waals surface area (Å²) in [4.78, 5) is 11.6. The minimum atomic E-state index is -0.823. The molecule has 7 heteroatoms. The number of carbonyl (C=O) groups excluding carboxylic acids is 1. The van der Waals surface area contributed by atoms with E-state index in [1.54, 1.807) is 37.3 Å². The molecule has 0 unspecified atom stereocenters. The van der Waals surface area contributed by atoms with Crippen molar-refractivity contribution < 1.29 is 14.3 Å². The van der Waals surface area contributed by atoms with Crippen LogP contribution in [0.1, 0.15) is 6.92 Å². The predicted molar refractivity (Wildman–Crippen MR) is 91.1 cm³/mol. The third-order valence-corrected chi connectivity index (χ3v) is 2.94. The number of ether oxygens (including phenoxy) is 2. The lowest BCUT2D eigenvalue weighted by molar-refractivity contribution is -0.138. The Morgan fingerprint density at radius 1 is 1.08 bits per heavy atom. The SMILES string of the molecule is CCOC(=O)/C(C#N)=C(\N)Oc1ccc(N=Nc2ccccc2)cc1. The van der Waals surface area contributed by atoms with Crippen LogP contribution in [0.5, 0.6) is 5.75 Å². The van der Waals surface area contributed by atoms with Gasteiger partial charge in [-0.15, -0.1) is 0 Å². The minimum absolute atomic E-state index is 0.137. The van der Waals surface area contributed by atoms with Gasteiger partial charge in [-0.3, -0.25) is 0 Å². The van der Waals surface area contributed by atoms with Crippen molar-refractivity contribution in [2.24, 2.45) is 16.0 Å². The first-order valence-electron chi connectivity index (χ1n) is 7.45. The molecule has 0 heterocycles. The van der Waals surface area contributed by atoms with Gasteiger partial charge in [-0.25, -0.2) is 4.79 Å². The lowest BCUT2D eigenvalue weighted by atomic mass is 10.3. The molecule has 126 valence electrons. The van der Waals surface area contributed by atoms with Gasteiger partial charge >= 0.3 is 5.97 Å². The number of carbonyl (C=O) groups is 1. The first-order valence-corrected chi connectivity index (χ1v) is 7.45. The average Bonchev–Trinajstić information content (AvgIpc) is 2.63. The topological polar surface area (TPSA) is 110 Å². The first-order chi connectivity index (χ1) is 12.1. The zero-order valence-electron chi connectivity index (χ0n) is 13.5. The summed E-state index contributed by atoms with van der Waals surface area (Å²) in [5, 5.41) is 17.2. The minimum Gasteiger partial charge on any atom is -0.462 e. The number of nitrogens with two attached hydrogens (primary N) is 1. The molecule has 0 saturated carbocycles. The van der Waals surface area contributed by atoms with Gasteiger partial charge in [0, 0.05) is 0 Å². The maximum absolute atomic E-state index is 11.6. The summed E-state index contributed by atoms with van der Waals surface area (Å²) in [5.41, 5.74) is 6.63. The van der Waals surface area contributed by atoms with Crippen molar-refractivity contribution in [1.82, 2.24) is 0 Å². The van der Waals surface area contributed by atoms with Gasteiger partial charge < -0.3 is 15.2 Å². The van der Waals surface area contributed by atoms with E-state index in [9.17, 15) is 4.79 Å². The molecule has 25 heavy (non-hydrogen) atoms. The van der Waals surface area contributed by atoms with Crippen LogP contribution in [0.15, 0.2) is 76.3 Å². The maximum atomic E-state index is 11.6. The van der Waals surface area contributed by atoms with Gasteiger partial charge in [0.05, 0.1) is 18.0 Å². The van der Waals surface area contributed by atoms with Gasteiger partial charge in [0.1, 0.15) is 11.8 Å². The van der Waals surface area contributed by atoms with Crippen LogP contribution < -0.4 is 10.5 Å². The Kier molecular flexibility index (Phi) is 6.25. The van der Waals surface area contributed by atoms with Crippen molar-refractivity contribution in [2.75, 3.05) is 6.61 Å². The smallest absolute Gasteiger partial charge is 0.354 e. The fourth-order valence-corrected chi connectivity index (χ4v) is 1.77. The number of hydrogen-bond acceptors (Lipinski definition) is 7. The molecule has 2 aromatic carbocycles. The van der Waals surface area contributed by atoms with Gasteiger partial charge in [-0.05, 0) is 43.3 Å². The number of rotatable bonds is 6. The van der Waals surface area contributed by atoms with Crippen LogP contribution in [0.4, 0.5) is 11.4 Å². The van der Waals surface area contributed by atoms with Crippen LogP contribution in [-0.4, -0.2) is 12.6 Å². The highest BCUT2D eigenvalue weighted by molar-refractivity contribution is 5.93. The molecule has 0 amide bonds. The van der Waals surface area contributed by atoms with Crippen molar-refractivity contribution in [3.8, 4) is 11.8 Å². The molecule has 0 aromatic heterocycles. The molecule has 0 saturated heterocycles. The van der Waals surface area contributed by atoms with E-state index >= 15 is 0 Å². The van der Waals surface area contributed by atoms with Crippen molar-refractivity contribution in [3.63, 3.8) is 0 Å². The van der Waals surface area contributed by atoms with E-state index in [0.29, 0.717) is 11.4 Å². The van der Waals surface area contributed by atoms with Crippen LogP contribution in [0.3, 0.4) is 0 Å². The molecular formula is C18H16N4O3. The summed E-state index contributed by atoms with van der Waals surface area (Å²) in [6.07, 6.45) is 0. The maximum Gasteiger partial charge on any atom is 0.354 e. The number of hydrogen-bond donors (Lipinski definition) is 1. The number of nitrogens with zero attached hydrogens (tertiary/aromatic N) is 3. The van der Waals surface area contributed by atoms with Crippen molar-refractivity contribution in [2.45, 2.75) is 6.92 Å². The van der Waals surface area contributed by atoms with Crippen LogP contribution in [0, 0.1) is 11.3 Å². The largest absolute Gasteiger partial charge is 0.462 e. The Morgan fingerprint density at radius 3 is 2.24 bits per heavy atom. The molecule has 0 aliphatic heterocycles. The average molecular weight is 336 g/mol. The fraction of sp³-hybridized carbons (Fsp3) is 0.111. The Labute approximate surface area is 145 Å².